The molecule has 5 heteroatoms. The van der Waals surface area contributed by atoms with E-state index in [0.717, 1.165) is 37.5 Å². The number of aliphatic hydroxyl groups excluding tert-OH is 1. The number of likely N-dealkylation sites (N-methyl/N-ethyl adjacent to an activating group) is 1. The highest BCUT2D eigenvalue weighted by atomic mass is 16.3. The maximum absolute atomic E-state index is 9.90. The number of aryl methyl sites for hydroxylation is 1. The number of aliphatic hydroxyl groups is 1. The molecule has 18 heavy (non-hydrogen) atoms. The van der Waals surface area contributed by atoms with Crippen molar-refractivity contribution in [2.75, 3.05) is 13.6 Å². The van der Waals surface area contributed by atoms with Crippen molar-refractivity contribution in [2.45, 2.75) is 57.2 Å². The van der Waals surface area contributed by atoms with Gasteiger partial charge in [0.15, 0.2) is 11.6 Å². The largest absolute Gasteiger partial charge is 0.385 e. The topological polar surface area (TPSA) is 54.2 Å². The van der Waals surface area contributed by atoms with Crippen molar-refractivity contribution in [1.82, 2.24) is 19.7 Å². The number of fused-ring (bicyclic) bond motifs is 1. The van der Waals surface area contributed by atoms with Crippen molar-refractivity contribution in [3.8, 4) is 0 Å². The zero-order chi connectivity index (χ0) is 12.5. The van der Waals surface area contributed by atoms with Crippen molar-refractivity contribution >= 4 is 0 Å². The van der Waals surface area contributed by atoms with Gasteiger partial charge in [0, 0.05) is 19.0 Å². The third-order valence-electron chi connectivity index (χ3n) is 4.23. The lowest BCUT2D eigenvalue weighted by molar-refractivity contribution is 0.130. The smallest absolute Gasteiger partial charge is 0.156 e. The number of hydrogen-bond acceptors (Lipinski definition) is 4. The first-order valence-electron chi connectivity index (χ1n) is 7.06. The quantitative estimate of drug-likeness (QED) is 0.855. The fraction of sp³-hybridized carbons (Fsp3) is 0.846. The first kappa shape index (κ1) is 12.1. The van der Waals surface area contributed by atoms with Gasteiger partial charge in [-0.3, -0.25) is 0 Å². The summed E-state index contributed by atoms with van der Waals surface area (Å²) < 4.78 is 1.90. The first-order valence-corrected chi connectivity index (χ1v) is 7.06. The van der Waals surface area contributed by atoms with Crippen molar-refractivity contribution in [2.24, 2.45) is 0 Å². The molecule has 1 saturated heterocycles. The van der Waals surface area contributed by atoms with Crippen LogP contribution in [0.25, 0.3) is 0 Å². The lowest BCUT2D eigenvalue weighted by atomic mass is 10.00. The number of rotatable bonds is 2. The lowest BCUT2D eigenvalue weighted by Crippen LogP contribution is -2.37. The van der Waals surface area contributed by atoms with Crippen LogP contribution in [0.15, 0.2) is 0 Å². The minimum atomic E-state index is -0.413. The molecular weight excluding hydrogens is 228 g/mol. The van der Waals surface area contributed by atoms with Gasteiger partial charge in [-0.2, -0.15) is 5.10 Å². The summed E-state index contributed by atoms with van der Waals surface area (Å²) in [5.41, 5.74) is 0. The predicted molar refractivity (Wildman–Crippen MR) is 68.2 cm³/mol. The zero-order valence-corrected chi connectivity index (χ0v) is 11.0. The van der Waals surface area contributed by atoms with Crippen LogP contribution in [-0.2, 0) is 13.0 Å². The third-order valence-corrected chi connectivity index (χ3v) is 4.23. The molecule has 2 aliphatic rings. The summed E-state index contributed by atoms with van der Waals surface area (Å²) >= 11 is 0. The lowest BCUT2D eigenvalue weighted by Gasteiger charge is -2.31. The van der Waals surface area contributed by atoms with Gasteiger partial charge in [-0.15, -0.1) is 0 Å². The monoisotopic (exact) mass is 250 g/mol. The molecule has 0 bridgehead atoms. The van der Waals surface area contributed by atoms with E-state index in [1.807, 2.05) is 4.68 Å². The third kappa shape index (κ3) is 2.29. The molecule has 2 unspecified atom stereocenters. The molecule has 1 aromatic heterocycles. The summed E-state index contributed by atoms with van der Waals surface area (Å²) in [6.07, 6.45) is 6.18. The van der Waals surface area contributed by atoms with Crippen molar-refractivity contribution in [3.63, 3.8) is 0 Å². The fourth-order valence-electron chi connectivity index (χ4n) is 3.08. The molecular formula is C13H22N4O. The molecule has 1 aromatic rings. The van der Waals surface area contributed by atoms with E-state index in [2.05, 4.69) is 22.0 Å². The SMILES string of the molecule is CN1CCCCC1Cc1nc2n(n1)CCCC2O. The molecule has 100 valence electrons. The van der Waals surface area contributed by atoms with Crippen LogP contribution < -0.4 is 0 Å². The number of likely N-dealkylation sites (tertiary alicyclic amines) is 1. The molecule has 0 spiro atoms. The Labute approximate surface area is 108 Å². The predicted octanol–water partition coefficient (Wildman–Crippen LogP) is 1.13. The summed E-state index contributed by atoms with van der Waals surface area (Å²) in [5, 5.41) is 14.4. The molecule has 0 saturated carbocycles. The summed E-state index contributed by atoms with van der Waals surface area (Å²) in [7, 11) is 2.19. The normalized spacial score (nSPS) is 29.2. The summed E-state index contributed by atoms with van der Waals surface area (Å²) in [6.45, 7) is 2.08. The van der Waals surface area contributed by atoms with E-state index in [9.17, 15) is 5.11 Å². The van der Waals surface area contributed by atoms with Crippen LogP contribution in [0.3, 0.4) is 0 Å². The number of hydrogen-bond donors (Lipinski definition) is 1. The summed E-state index contributed by atoms with van der Waals surface area (Å²) in [5.74, 6) is 1.68. The molecule has 0 radical (unpaired) electrons. The molecule has 5 nitrogen and oxygen atoms in total. The standard InChI is InChI=1S/C13H22N4O/c1-16-7-3-2-5-10(16)9-12-14-13-11(18)6-4-8-17(13)15-12/h10-11,18H,2-9H2,1H3. The molecule has 3 rings (SSSR count). The second kappa shape index (κ2) is 4.97. The van der Waals surface area contributed by atoms with E-state index >= 15 is 0 Å². The molecule has 1 fully saturated rings. The van der Waals surface area contributed by atoms with Crippen LogP contribution >= 0.6 is 0 Å². The van der Waals surface area contributed by atoms with E-state index < -0.39 is 6.10 Å². The highest BCUT2D eigenvalue weighted by Gasteiger charge is 2.25. The van der Waals surface area contributed by atoms with Crippen molar-refractivity contribution < 1.29 is 5.11 Å². The van der Waals surface area contributed by atoms with Crippen LogP contribution in [0.1, 0.15) is 49.9 Å². The van der Waals surface area contributed by atoms with Gasteiger partial charge in [0.25, 0.3) is 0 Å². The van der Waals surface area contributed by atoms with Crippen LogP contribution in [-0.4, -0.2) is 44.4 Å². The van der Waals surface area contributed by atoms with Gasteiger partial charge in [0.2, 0.25) is 0 Å². The average molecular weight is 250 g/mol. The van der Waals surface area contributed by atoms with Gasteiger partial charge in [-0.05, 0) is 39.3 Å². The number of aromatic nitrogens is 3. The summed E-state index contributed by atoms with van der Waals surface area (Å²) in [4.78, 5) is 6.95. The van der Waals surface area contributed by atoms with Crippen LogP contribution in [0.4, 0.5) is 0 Å². The minimum absolute atomic E-state index is 0.413. The van der Waals surface area contributed by atoms with Gasteiger partial charge in [-0.1, -0.05) is 6.42 Å². The molecule has 3 heterocycles. The highest BCUT2D eigenvalue weighted by molar-refractivity contribution is 5.01. The Hall–Kier alpha value is -0.940. The Morgan fingerprint density at radius 2 is 2.11 bits per heavy atom. The van der Waals surface area contributed by atoms with Crippen molar-refractivity contribution in [3.05, 3.63) is 11.6 Å². The van der Waals surface area contributed by atoms with Crippen LogP contribution in [0.2, 0.25) is 0 Å². The Balaban J connectivity index is 1.73. The molecule has 0 aromatic carbocycles. The number of nitrogens with zero attached hydrogens (tertiary/aromatic N) is 4. The highest BCUT2D eigenvalue weighted by Crippen LogP contribution is 2.24. The molecule has 0 amide bonds. The van der Waals surface area contributed by atoms with Crippen LogP contribution in [0.5, 0.6) is 0 Å². The van der Waals surface area contributed by atoms with E-state index in [1.54, 1.807) is 0 Å². The molecule has 0 aliphatic carbocycles. The van der Waals surface area contributed by atoms with Crippen molar-refractivity contribution in [1.29, 1.82) is 0 Å². The average Bonchev–Trinajstić information content (AvgIpc) is 2.76. The first-order chi connectivity index (χ1) is 8.74. The Morgan fingerprint density at radius 3 is 2.89 bits per heavy atom. The van der Waals surface area contributed by atoms with Crippen LogP contribution in [0, 0.1) is 0 Å². The van der Waals surface area contributed by atoms with Gasteiger partial charge < -0.3 is 10.0 Å². The maximum Gasteiger partial charge on any atom is 0.156 e. The Kier molecular flexibility index (Phi) is 3.35. The number of piperidine rings is 1. The fourth-order valence-corrected chi connectivity index (χ4v) is 3.08. The van der Waals surface area contributed by atoms with Gasteiger partial charge in [0.05, 0.1) is 0 Å². The molecule has 2 aliphatic heterocycles. The maximum atomic E-state index is 9.90. The zero-order valence-electron chi connectivity index (χ0n) is 11.0. The second-order valence-electron chi connectivity index (χ2n) is 5.60. The Bertz CT molecular complexity index is 417. The van der Waals surface area contributed by atoms with Gasteiger partial charge in [-0.25, -0.2) is 9.67 Å². The second-order valence-corrected chi connectivity index (χ2v) is 5.60. The van der Waals surface area contributed by atoms with E-state index in [0.29, 0.717) is 6.04 Å². The minimum Gasteiger partial charge on any atom is -0.385 e. The van der Waals surface area contributed by atoms with Gasteiger partial charge in [0.1, 0.15) is 6.10 Å². The molecule has 2 atom stereocenters. The van der Waals surface area contributed by atoms with E-state index in [4.69, 9.17) is 0 Å². The summed E-state index contributed by atoms with van der Waals surface area (Å²) in [6, 6.07) is 0.570. The van der Waals surface area contributed by atoms with E-state index in [1.165, 1.54) is 25.8 Å². The van der Waals surface area contributed by atoms with E-state index in [-0.39, 0.29) is 0 Å². The van der Waals surface area contributed by atoms with Gasteiger partial charge >= 0.3 is 0 Å². The molecule has 1 N–H and O–H groups in total. The Morgan fingerprint density at radius 1 is 1.22 bits per heavy atom.